The van der Waals surface area contributed by atoms with Crippen molar-refractivity contribution in [1.82, 2.24) is 9.88 Å². The molecule has 0 aliphatic rings. The van der Waals surface area contributed by atoms with Crippen LogP contribution in [-0.4, -0.2) is 39.7 Å². The Bertz CT molecular complexity index is 211. The summed E-state index contributed by atoms with van der Waals surface area (Å²) in [5.41, 5.74) is 1.39. The van der Waals surface area contributed by atoms with Gasteiger partial charge in [0.1, 0.15) is 0 Å². The molecule has 0 aliphatic carbocycles. The van der Waals surface area contributed by atoms with Gasteiger partial charge in [-0.05, 0) is 37.9 Å². The highest BCUT2D eigenvalue weighted by Gasteiger charge is 1.94. The van der Waals surface area contributed by atoms with Gasteiger partial charge in [0.25, 0.3) is 0 Å². The fraction of sp³-hybridized carbons (Fsp3) is 0.444. The van der Waals surface area contributed by atoms with E-state index in [1.807, 2.05) is 18.5 Å². The highest BCUT2D eigenvalue weighted by Crippen LogP contribution is 1.95. The molecule has 0 aromatic carbocycles. The molecular weight excluding hydrogens is 164 g/mol. The fourth-order valence-corrected chi connectivity index (χ4v) is 2.64. The Morgan fingerprint density at radius 3 is 2.92 bits per heavy atom. The van der Waals surface area contributed by atoms with E-state index in [-0.39, 0.29) is 9.52 Å². The summed E-state index contributed by atoms with van der Waals surface area (Å²) in [7, 11) is 4.32. The van der Waals surface area contributed by atoms with Crippen LogP contribution in [0.5, 0.6) is 0 Å². The normalized spacial score (nSPS) is 11.6. The highest BCUT2D eigenvalue weighted by molar-refractivity contribution is 6.35. The van der Waals surface area contributed by atoms with Gasteiger partial charge >= 0.3 is 0 Å². The van der Waals surface area contributed by atoms with Crippen molar-refractivity contribution in [2.75, 3.05) is 20.3 Å². The number of hydrogen-bond acceptors (Lipinski definition) is 2. The first-order valence-electron chi connectivity index (χ1n) is 4.32. The van der Waals surface area contributed by atoms with Gasteiger partial charge in [0.05, 0.1) is 0 Å². The van der Waals surface area contributed by atoms with Crippen molar-refractivity contribution in [2.45, 2.75) is 6.04 Å². The molecule has 12 heavy (non-hydrogen) atoms. The van der Waals surface area contributed by atoms with Crippen LogP contribution < -0.4 is 0 Å². The summed E-state index contributed by atoms with van der Waals surface area (Å²) >= 11 is 0. The maximum absolute atomic E-state index is 4.09. The van der Waals surface area contributed by atoms with Gasteiger partial charge in [0.15, 0.2) is 0 Å². The second-order valence-corrected chi connectivity index (χ2v) is 4.92. The standard InChI is InChI=1S/C9H16N2Si/c1-11(2)8-12-7-9-4-3-5-10-6-9/h3-6H,7-8,12H2,1-2H3. The zero-order valence-electron chi connectivity index (χ0n) is 7.83. The molecule has 0 amide bonds. The van der Waals surface area contributed by atoms with Gasteiger partial charge in [-0.25, -0.2) is 0 Å². The first kappa shape index (κ1) is 9.42. The number of nitrogens with zero attached hydrogens (tertiary/aromatic N) is 2. The van der Waals surface area contributed by atoms with E-state index in [4.69, 9.17) is 0 Å². The summed E-state index contributed by atoms with van der Waals surface area (Å²) in [4.78, 5) is 6.36. The van der Waals surface area contributed by atoms with Crippen molar-refractivity contribution in [3.63, 3.8) is 0 Å². The number of aromatic nitrogens is 1. The van der Waals surface area contributed by atoms with Crippen LogP contribution in [-0.2, 0) is 6.04 Å². The quantitative estimate of drug-likeness (QED) is 0.618. The molecule has 0 fully saturated rings. The van der Waals surface area contributed by atoms with Crippen molar-refractivity contribution >= 4 is 9.52 Å². The lowest BCUT2D eigenvalue weighted by Gasteiger charge is -2.07. The van der Waals surface area contributed by atoms with Crippen LogP contribution in [0.2, 0.25) is 0 Å². The van der Waals surface area contributed by atoms with Crippen molar-refractivity contribution < 1.29 is 0 Å². The van der Waals surface area contributed by atoms with Crippen LogP contribution in [0.1, 0.15) is 5.56 Å². The monoisotopic (exact) mass is 180 g/mol. The molecule has 0 N–H and O–H groups in total. The van der Waals surface area contributed by atoms with Gasteiger partial charge in [0.2, 0.25) is 0 Å². The Balaban J connectivity index is 2.25. The SMILES string of the molecule is CN(C)C[SiH2]Cc1cccnc1. The molecule has 1 aromatic rings. The molecule has 0 saturated heterocycles. The molecule has 1 heterocycles. The first-order chi connectivity index (χ1) is 5.79. The van der Waals surface area contributed by atoms with E-state index in [1.165, 1.54) is 17.8 Å². The lowest BCUT2D eigenvalue weighted by molar-refractivity contribution is 0.477. The van der Waals surface area contributed by atoms with Crippen LogP contribution in [0.4, 0.5) is 0 Å². The predicted molar refractivity (Wildman–Crippen MR) is 55.0 cm³/mol. The van der Waals surface area contributed by atoms with Gasteiger partial charge in [-0.3, -0.25) is 4.98 Å². The lowest BCUT2D eigenvalue weighted by atomic mass is 10.3. The molecule has 2 nitrogen and oxygen atoms in total. The maximum atomic E-state index is 4.09. The van der Waals surface area contributed by atoms with Crippen LogP contribution in [0.15, 0.2) is 24.5 Å². The topological polar surface area (TPSA) is 16.1 Å². The summed E-state index contributed by atoms with van der Waals surface area (Å²) in [6.07, 6.45) is 5.09. The third-order valence-corrected chi connectivity index (χ3v) is 3.94. The van der Waals surface area contributed by atoms with Crippen LogP contribution in [0.25, 0.3) is 0 Å². The Morgan fingerprint density at radius 1 is 1.50 bits per heavy atom. The Labute approximate surface area is 76.4 Å². The third-order valence-electron chi connectivity index (χ3n) is 1.79. The number of hydrogen-bond donors (Lipinski definition) is 0. The van der Waals surface area contributed by atoms with Gasteiger partial charge < -0.3 is 4.90 Å². The third kappa shape index (κ3) is 3.64. The molecule has 0 spiro atoms. The van der Waals surface area contributed by atoms with Crippen LogP contribution >= 0.6 is 0 Å². The maximum Gasteiger partial charge on any atom is 0.0415 e. The second-order valence-electron chi connectivity index (χ2n) is 3.27. The number of rotatable bonds is 4. The molecule has 0 saturated carbocycles. The Kier molecular flexibility index (Phi) is 3.97. The number of pyridine rings is 1. The molecule has 0 unspecified atom stereocenters. The van der Waals surface area contributed by atoms with Gasteiger partial charge in [-0.1, -0.05) is 6.07 Å². The fourth-order valence-electron chi connectivity index (χ4n) is 1.15. The molecule has 0 radical (unpaired) electrons. The largest absolute Gasteiger partial charge is 0.313 e. The molecule has 0 aliphatic heterocycles. The lowest BCUT2D eigenvalue weighted by Crippen LogP contribution is -2.20. The molecular formula is C9H16N2Si. The Hall–Kier alpha value is -0.673. The second kappa shape index (κ2) is 5.06. The molecule has 0 bridgehead atoms. The minimum atomic E-state index is 0.0515. The van der Waals surface area contributed by atoms with Crippen molar-refractivity contribution in [3.8, 4) is 0 Å². The van der Waals surface area contributed by atoms with Crippen molar-refractivity contribution in [3.05, 3.63) is 30.1 Å². The Morgan fingerprint density at radius 2 is 2.33 bits per heavy atom. The molecule has 1 aromatic heterocycles. The zero-order valence-corrected chi connectivity index (χ0v) is 9.24. The zero-order chi connectivity index (χ0) is 8.81. The summed E-state index contributed by atoms with van der Waals surface area (Å²) in [5.74, 6) is 0. The average molecular weight is 180 g/mol. The molecule has 66 valence electrons. The summed E-state index contributed by atoms with van der Waals surface area (Å²) in [6, 6.07) is 5.45. The highest BCUT2D eigenvalue weighted by atomic mass is 28.2. The van der Waals surface area contributed by atoms with E-state index in [1.54, 1.807) is 0 Å². The average Bonchev–Trinajstić information content (AvgIpc) is 2.05. The predicted octanol–water partition coefficient (Wildman–Crippen LogP) is 0.269. The summed E-state index contributed by atoms with van der Waals surface area (Å²) in [6.45, 7) is 0. The smallest absolute Gasteiger partial charge is 0.0415 e. The van der Waals surface area contributed by atoms with E-state index in [0.29, 0.717) is 0 Å². The van der Waals surface area contributed by atoms with Crippen LogP contribution in [0.3, 0.4) is 0 Å². The summed E-state index contributed by atoms with van der Waals surface area (Å²) < 4.78 is 0. The van der Waals surface area contributed by atoms with E-state index < -0.39 is 0 Å². The molecule has 0 atom stereocenters. The van der Waals surface area contributed by atoms with Gasteiger partial charge in [0, 0.05) is 21.9 Å². The van der Waals surface area contributed by atoms with E-state index >= 15 is 0 Å². The van der Waals surface area contributed by atoms with E-state index in [2.05, 4.69) is 30.0 Å². The molecule has 1 rings (SSSR count). The minimum Gasteiger partial charge on any atom is -0.313 e. The van der Waals surface area contributed by atoms with Crippen LogP contribution in [0, 0.1) is 0 Å². The van der Waals surface area contributed by atoms with Crippen molar-refractivity contribution in [2.24, 2.45) is 0 Å². The van der Waals surface area contributed by atoms with E-state index in [9.17, 15) is 0 Å². The van der Waals surface area contributed by atoms with E-state index in [0.717, 1.165) is 0 Å². The van der Waals surface area contributed by atoms with Crippen molar-refractivity contribution in [1.29, 1.82) is 0 Å². The van der Waals surface area contributed by atoms with Gasteiger partial charge in [-0.15, -0.1) is 0 Å². The summed E-state index contributed by atoms with van der Waals surface area (Å²) in [5, 5.41) is 0. The van der Waals surface area contributed by atoms with Gasteiger partial charge in [-0.2, -0.15) is 0 Å². The minimum absolute atomic E-state index is 0.0515. The molecule has 3 heteroatoms. The first-order valence-corrected chi connectivity index (χ1v) is 6.32.